The Hall–Kier alpha value is -3.17. The molecule has 0 saturated carbocycles. The van der Waals surface area contributed by atoms with Crippen molar-refractivity contribution in [3.05, 3.63) is 41.1 Å². The average molecular weight is 378 g/mol. The Balaban J connectivity index is 1.64. The fourth-order valence-corrected chi connectivity index (χ4v) is 3.25. The second kappa shape index (κ2) is 5.93. The number of hydrazine groups is 1. The SMILES string of the molecule is O=C1c2ccc(-c3cc(C(F)(F)F)[nH]n3)cc2CN1N1C(=O)CCCC1=O. The maximum atomic E-state index is 12.7. The zero-order valence-corrected chi connectivity index (χ0v) is 13.8. The molecular weight excluding hydrogens is 365 g/mol. The van der Waals surface area contributed by atoms with Gasteiger partial charge in [0.2, 0.25) is 11.8 Å². The summed E-state index contributed by atoms with van der Waals surface area (Å²) in [7, 11) is 0. The number of aromatic amines is 1. The molecule has 4 rings (SSSR count). The van der Waals surface area contributed by atoms with Crippen molar-refractivity contribution in [2.45, 2.75) is 32.0 Å². The molecule has 2 aliphatic heterocycles. The first-order chi connectivity index (χ1) is 12.8. The van der Waals surface area contributed by atoms with Gasteiger partial charge in [-0.3, -0.25) is 19.5 Å². The number of fused-ring (bicyclic) bond motifs is 1. The molecule has 0 unspecified atom stereocenters. The number of rotatable bonds is 2. The lowest BCUT2D eigenvalue weighted by atomic mass is 10.0. The third-order valence-electron chi connectivity index (χ3n) is 4.56. The van der Waals surface area contributed by atoms with E-state index < -0.39 is 29.6 Å². The zero-order chi connectivity index (χ0) is 19.3. The summed E-state index contributed by atoms with van der Waals surface area (Å²) in [4.78, 5) is 36.7. The Morgan fingerprint density at radius 3 is 2.37 bits per heavy atom. The molecule has 1 aromatic heterocycles. The number of hydrogen-bond donors (Lipinski definition) is 1. The number of carbonyl (C=O) groups excluding carboxylic acids is 3. The van der Waals surface area contributed by atoms with Crippen LogP contribution in [-0.4, -0.2) is 37.9 Å². The predicted molar refractivity (Wildman–Crippen MR) is 84.6 cm³/mol. The number of nitrogens with zero attached hydrogens (tertiary/aromatic N) is 3. The van der Waals surface area contributed by atoms with Crippen LogP contribution in [0.3, 0.4) is 0 Å². The molecule has 0 radical (unpaired) electrons. The summed E-state index contributed by atoms with van der Waals surface area (Å²) in [6.45, 7) is -0.00393. The summed E-state index contributed by atoms with van der Waals surface area (Å²) in [5.41, 5.74) is 0.324. The Morgan fingerprint density at radius 1 is 1.04 bits per heavy atom. The molecule has 10 heteroatoms. The van der Waals surface area contributed by atoms with Gasteiger partial charge < -0.3 is 0 Å². The molecule has 2 aliphatic rings. The summed E-state index contributed by atoms with van der Waals surface area (Å²) < 4.78 is 38.2. The second-order valence-electron chi connectivity index (χ2n) is 6.35. The number of amides is 3. The molecule has 140 valence electrons. The van der Waals surface area contributed by atoms with E-state index in [0.717, 1.165) is 16.1 Å². The maximum absolute atomic E-state index is 12.7. The predicted octanol–water partition coefficient (Wildman–Crippen LogP) is 2.51. The third kappa shape index (κ3) is 2.86. The van der Waals surface area contributed by atoms with E-state index in [9.17, 15) is 27.6 Å². The van der Waals surface area contributed by atoms with Crippen molar-refractivity contribution in [2.24, 2.45) is 0 Å². The van der Waals surface area contributed by atoms with Gasteiger partial charge in [-0.1, -0.05) is 6.07 Å². The van der Waals surface area contributed by atoms with Crippen LogP contribution in [0, 0.1) is 0 Å². The molecule has 0 bridgehead atoms. The van der Waals surface area contributed by atoms with E-state index in [1.165, 1.54) is 12.1 Å². The maximum Gasteiger partial charge on any atom is 0.432 e. The van der Waals surface area contributed by atoms with Crippen molar-refractivity contribution in [1.29, 1.82) is 0 Å². The lowest BCUT2D eigenvalue weighted by Gasteiger charge is -2.32. The van der Waals surface area contributed by atoms with Crippen molar-refractivity contribution >= 4 is 17.7 Å². The largest absolute Gasteiger partial charge is 0.432 e. The van der Waals surface area contributed by atoms with Crippen molar-refractivity contribution in [3.8, 4) is 11.3 Å². The van der Waals surface area contributed by atoms with Gasteiger partial charge in [0, 0.05) is 24.0 Å². The number of hydrogen-bond acceptors (Lipinski definition) is 4. The van der Waals surface area contributed by atoms with Crippen molar-refractivity contribution in [1.82, 2.24) is 20.2 Å². The van der Waals surface area contributed by atoms with E-state index in [-0.39, 0.29) is 25.1 Å². The number of H-pyrrole nitrogens is 1. The van der Waals surface area contributed by atoms with Gasteiger partial charge in [0.25, 0.3) is 5.91 Å². The van der Waals surface area contributed by atoms with Crippen LogP contribution < -0.4 is 0 Å². The minimum Gasteiger partial charge on any atom is -0.273 e. The van der Waals surface area contributed by atoms with Gasteiger partial charge in [-0.15, -0.1) is 0 Å². The molecule has 3 amide bonds. The summed E-state index contributed by atoms with van der Waals surface area (Å²) in [6.07, 6.45) is -3.72. The number of benzene rings is 1. The molecule has 2 aromatic rings. The van der Waals surface area contributed by atoms with Gasteiger partial charge in [0.05, 0.1) is 12.2 Å². The number of alkyl halides is 3. The van der Waals surface area contributed by atoms with Crippen LogP contribution in [0.2, 0.25) is 0 Å². The molecule has 1 aromatic carbocycles. The topological polar surface area (TPSA) is 86.4 Å². The molecule has 0 aliphatic carbocycles. The van der Waals surface area contributed by atoms with Crippen molar-refractivity contribution in [3.63, 3.8) is 0 Å². The Labute approximate surface area is 150 Å². The van der Waals surface area contributed by atoms with Gasteiger partial charge in [-0.2, -0.15) is 23.3 Å². The number of imide groups is 1. The number of nitrogens with one attached hydrogen (secondary N) is 1. The highest BCUT2D eigenvalue weighted by Crippen LogP contribution is 2.33. The van der Waals surface area contributed by atoms with E-state index in [1.807, 2.05) is 5.10 Å². The normalized spacial score (nSPS) is 17.7. The molecule has 3 heterocycles. The molecular formula is C17H13F3N4O3. The van der Waals surface area contributed by atoms with Crippen LogP contribution >= 0.6 is 0 Å². The highest BCUT2D eigenvalue weighted by atomic mass is 19.4. The zero-order valence-electron chi connectivity index (χ0n) is 13.8. The molecule has 0 spiro atoms. The molecule has 0 atom stereocenters. The van der Waals surface area contributed by atoms with Gasteiger partial charge in [-0.05, 0) is 30.2 Å². The van der Waals surface area contributed by atoms with Crippen LogP contribution in [0.25, 0.3) is 11.3 Å². The summed E-state index contributed by atoms with van der Waals surface area (Å²) >= 11 is 0. The monoisotopic (exact) mass is 378 g/mol. The Kier molecular flexibility index (Phi) is 3.79. The summed E-state index contributed by atoms with van der Waals surface area (Å²) in [5, 5.41) is 7.58. The van der Waals surface area contributed by atoms with Crippen molar-refractivity contribution in [2.75, 3.05) is 0 Å². The quantitative estimate of drug-likeness (QED) is 0.814. The van der Waals surface area contributed by atoms with Crippen LogP contribution in [0.5, 0.6) is 0 Å². The smallest absolute Gasteiger partial charge is 0.273 e. The second-order valence-corrected chi connectivity index (χ2v) is 6.35. The van der Waals surface area contributed by atoms with Crippen LogP contribution in [0.4, 0.5) is 13.2 Å². The average Bonchev–Trinajstić information content (AvgIpc) is 3.20. The summed E-state index contributed by atoms with van der Waals surface area (Å²) in [5.74, 6) is -1.36. The first-order valence-corrected chi connectivity index (χ1v) is 8.19. The van der Waals surface area contributed by atoms with Crippen LogP contribution in [0.15, 0.2) is 24.3 Å². The molecule has 1 N–H and O–H groups in total. The lowest BCUT2D eigenvalue weighted by molar-refractivity contribution is -0.163. The summed E-state index contributed by atoms with van der Waals surface area (Å²) in [6, 6.07) is 5.38. The molecule has 27 heavy (non-hydrogen) atoms. The molecule has 1 fully saturated rings. The Bertz CT molecular complexity index is 951. The van der Waals surface area contributed by atoms with E-state index >= 15 is 0 Å². The first-order valence-electron chi connectivity index (χ1n) is 8.19. The highest BCUT2D eigenvalue weighted by Gasteiger charge is 2.39. The van der Waals surface area contributed by atoms with Gasteiger partial charge in [0.15, 0.2) is 0 Å². The van der Waals surface area contributed by atoms with Crippen LogP contribution in [0.1, 0.15) is 40.9 Å². The van der Waals surface area contributed by atoms with E-state index in [2.05, 4.69) is 5.10 Å². The highest BCUT2D eigenvalue weighted by molar-refractivity contribution is 6.04. The lowest BCUT2D eigenvalue weighted by Crippen LogP contribution is -2.51. The van der Waals surface area contributed by atoms with Gasteiger partial charge >= 0.3 is 6.18 Å². The number of carbonyl (C=O) groups is 3. The van der Waals surface area contributed by atoms with E-state index in [4.69, 9.17) is 0 Å². The molecule has 7 nitrogen and oxygen atoms in total. The van der Waals surface area contributed by atoms with Gasteiger partial charge in [-0.25, -0.2) is 5.01 Å². The number of halogens is 3. The molecule has 1 saturated heterocycles. The minimum absolute atomic E-state index is 0.00393. The number of piperidine rings is 1. The van der Waals surface area contributed by atoms with Crippen LogP contribution in [-0.2, 0) is 22.3 Å². The minimum atomic E-state index is -4.54. The fraction of sp³-hybridized carbons (Fsp3) is 0.294. The van der Waals surface area contributed by atoms with E-state index in [0.29, 0.717) is 23.1 Å². The first kappa shape index (κ1) is 17.3. The van der Waals surface area contributed by atoms with E-state index in [1.54, 1.807) is 6.07 Å². The third-order valence-corrected chi connectivity index (χ3v) is 4.56. The van der Waals surface area contributed by atoms with Gasteiger partial charge in [0.1, 0.15) is 5.69 Å². The van der Waals surface area contributed by atoms with Crippen molar-refractivity contribution < 1.29 is 27.6 Å². The Morgan fingerprint density at radius 2 is 1.74 bits per heavy atom. The standard InChI is InChI=1S/C17H13F3N4O3/c18-17(19,20)13-7-12(21-22-13)9-4-5-11-10(6-9)8-23(16(11)27)24-14(25)2-1-3-15(24)26/h4-7H,1-3,8H2,(H,21,22). The fourth-order valence-electron chi connectivity index (χ4n) is 3.25. The number of aromatic nitrogens is 2.